The number of nitrogens with two attached hydrogens (primary N) is 1. The fourth-order valence-corrected chi connectivity index (χ4v) is 2.66. The van der Waals surface area contributed by atoms with Crippen molar-refractivity contribution >= 4 is 22.9 Å². The van der Waals surface area contributed by atoms with Crippen molar-refractivity contribution in [2.75, 3.05) is 0 Å². The van der Waals surface area contributed by atoms with E-state index in [9.17, 15) is 0 Å². The number of aryl methyl sites for hydroxylation is 1. The highest BCUT2D eigenvalue weighted by Crippen LogP contribution is 2.29. The summed E-state index contributed by atoms with van der Waals surface area (Å²) in [5.41, 5.74) is 4.64. The van der Waals surface area contributed by atoms with E-state index in [1.807, 2.05) is 37.3 Å². The van der Waals surface area contributed by atoms with Crippen LogP contribution in [0.15, 0.2) is 30.3 Å². The summed E-state index contributed by atoms with van der Waals surface area (Å²) in [6.45, 7) is 1.96. The number of hydrogen-bond acceptors (Lipinski definition) is 4. The first-order valence-corrected chi connectivity index (χ1v) is 6.05. The molecule has 16 heavy (non-hydrogen) atoms. The molecule has 0 saturated heterocycles. The van der Waals surface area contributed by atoms with Crippen LogP contribution in [0.2, 0.25) is 4.34 Å². The number of halogens is 1. The van der Waals surface area contributed by atoms with E-state index in [0.717, 1.165) is 20.6 Å². The van der Waals surface area contributed by atoms with Crippen LogP contribution in [-0.4, -0.2) is 4.98 Å². The predicted octanol–water partition coefficient (Wildman–Crippen LogP) is 2.66. The molecule has 1 atom stereocenters. The van der Waals surface area contributed by atoms with Crippen molar-refractivity contribution in [3.8, 4) is 0 Å². The van der Waals surface area contributed by atoms with Crippen molar-refractivity contribution in [1.82, 2.24) is 10.4 Å². The summed E-state index contributed by atoms with van der Waals surface area (Å²) in [5.74, 6) is 5.57. The Labute approximate surface area is 103 Å². The van der Waals surface area contributed by atoms with Gasteiger partial charge in [0.1, 0.15) is 0 Å². The number of pyridine rings is 1. The third kappa shape index (κ3) is 2.41. The number of hydrogen-bond donors (Lipinski definition) is 2. The molecule has 0 aliphatic heterocycles. The maximum absolute atomic E-state index is 5.91. The van der Waals surface area contributed by atoms with Crippen LogP contribution in [0.4, 0.5) is 0 Å². The van der Waals surface area contributed by atoms with Crippen molar-refractivity contribution in [1.29, 1.82) is 0 Å². The van der Waals surface area contributed by atoms with Crippen LogP contribution in [0.1, 0.15) is 22.3 Å². The van der Waals surface area contributed by atoms with Crippen molar-refractivity contribution in [3.05, 3.63) is 50.9 Å². The third-order valence-corrected chi connectivity index (χ3v) is 3.55. The average Bonchev–Trinajstić information content (AvgIpc) is 2.66. The van der Waals surface area contributed by atoms with E-state index in [2.05, 4.69) is 10.4 Å². The number of thiophene rings is 1. The van der Waals surface area contributed by atoms with Gasteiger partial charge >= 0.3 is 0 Å². The zero-order chi connectivity index (χ0) is 11.5. The van der Waals surface area contributed by atoms with E-state index in [4.69, 9.17) is 17.4 Å². The van der Waals surface area contributed by atoms with Gasteiger partial charge in [0.05, 0.1) is 16.1 Å². The molecule has 2 rings (SSSR count). The van der Waals surface area contributed by atoms with Crippen molar-refractivity contribution in [2.45, 2.75) is 13.0 Å². The molecule has 2 aromatic rings. The van der Waals surface area contributed by atoms with E-state index in [-0.39, 0.29) is 6.04 Å². The molecule has 0 fully saturated rings. The minimum atomic E-state index is -0.0996. The molecular formula is C11H12ClN3S. The lowest BCUT2D eigenvalue weighted by Crippen LogP contribution is -2.28. The second kappa shape index (κ2) is 4.93. The van der Waals surface area contributed by atoms with Crippen LogP contribution in [0.3, 0.4) is 0 Å². The van der Waals surface area contributed by atoms with Crippen LogP contribution < -0.4 is 11.3 Å². The summed E-state index contributed by atoms with van der Waals surface area (Å²) in [6.07, 6.45) is 0. The first kappa shape index (κ1) is 11.5. The molecule has 0 aliphatic rings. The fraction of sp³-hybridized carbons (Fsp3) is 0.182. The molecule has 5 heteroatoms. The minimum absolute atomic E-state index is 0.0996. The highest BCUT2D eigenvalue weighted by molar-refractivity contribution is 7.16. The number of aromatic nitrogens is 1. The van der Waals surface area contributed by atoms with Gasteiger partial charge in [-0.2, -0.15) is 0 Å². The highest BCUT2D eigenvalue weighted by Gasteiger charge is 2.15. The van der Waals surface area contributed by atoms with Gasteiger partial charge in [0.15, 0.2) is 0 Å². The van der Waals surface area contributed by atoms with Gasteiger partial charge in [-0.15, -0.1) is 11.3 Å². The molecule has 0 amide bonds. The lowest BCUT2D eigenvalue weighted by atomic mass is 10.1. The second-order valence-electron chi connectivity index (χ2n) is 3.45. The first-order valence-electron chi connectivity index (χ1n) is 4.85. The van der Waals surface area contributed by atoms with Gasteiger partial charge < -0.3 is 0 Å². The van der Waals surface area contributed by atoms with Crippen molar-refractivity contribution in [2.24, 2.45) is 5.84 Å². The first-order chi connectivity index (χ1) is 7.70. The fourth-order valence-electron chi connectivity index (χ4n) is 1.52. The number of rotatable bonds is 3. The van der Waals surface area contributed by atoms with Crippen LogP contribution in [-0.2, 0) is 0 Å². The Morgan fingerprint density at radius 2 is 2.19 bits per heavy atom. The van der Waals surface area contributed by atoms with E-state index in [1.165, 1.54) is 11.3 Å². The quantitative estimate of drug-likeness (QED) is 0.653. The van der Waals surface area contributed by atoms with Gasteiger partial charge in [0.2, 0.25) is 0 Å². The van der Waals surface area contributed by atoms with Crippen LogP contribution >= 0.6 is 22.9 Å². The smallest absolute Gasteiger partial charge is 0.0973 e. The normalized spacial score (nSPS) is 12.7. The molecule has 0 radical (unpaired) electrons. The van der Waals surface area contributed by atoms with E-state index in [1.54, 1.807) is 0 Å². The van der Waals surface area contributed by atoms with Crippen molar-refractivity contribution < 1.29 is 0 Å². The highest BCUT2D eigenvalue weighted by atomic mass is 35.5. The standard InChI is InChI=1S/C11H12ClN3S/c1-7-3-2-4-8(14-7)11(15-13)9-5-6-10(12)16-9/h2-6,11,15H,13H2,1H3. The molecule has 3 nitrogen and oxygen atoms in total. The Bertz CT molecular complexity index is 484. The third-order valence-electron chi connectivity index (χ3n) is 2.25. The van der Waals surface area contributed by atoms with Crippen LogP contribution in [0, 0.1) is 6.92 Å². The Morgan fingerprint density at radius 3 is 2.75 bits per heavy atom. The predicted molar refractivity (Wildman–Crippen MR) is 67.5 cm³/mol. The largest absolute Gasteiger partial charge is 0.270 e. The zero-order valence-electron chi connectivity index (χ0n) is 8.77. The zero-order valence-corrected chi connectivity index (χ0v) is 10.3. The van der Waals surface area contributed by atoms with Crippen LogP contribution in [0.5, 0.6) is 0 Å². The molecule has 0 bridgehead atoms. The number of nitrogens with one attached hydrogen (secondary N) is 1. The molecule has 0 aromatic carbocycles. The van der Waals surface area contributed by atoms with Gasteiger partial charge in [-0.3, -0.25) is 10.8 Å². The molecule has 3 N–H and O–H groups in total. The molecule has 0 saturated carbocycles. The van der Waals surface area contributed by atoms with E-state index < -0.39 is 0 Å². The average molecular weight is 254 g/mol. The molecule has 0 aliphatic carbocycles. The van der Waals surface area contributed by atoms with Crippen LogP contribution in [0.25, 0.3) is 0 Å². The van der Waals surface area contributed by atoms with Gasteiger partial charge in [-0.1, -0.05) is 17.7 Å². The molecule has 0 spiro atoms. The van der Waals surface area contributed by atoms with E-state index in [0.29, 0.717) is 0 Å². The minimum Gasteiger partial charge on any atom is -0.270 e. The number of nitrogens with zero attached hydrogens (tertiary/aromatic N) is 1. The Morgan fingerprint density at radius 1 is 1.38 bits per heavy atom. The summed E-state index contributed by atoms with van der Waals surface area (Å²) in [7, 11) is 0. The molecular weight excluding hydrogens is 242 g/mol. The van der Waals surface area contributed by atoms with Crippen molar-refractivity contribution in [3.63, 3.8) is 0 Å². The SMILES string of the molecule is Cc1cccc(C(NN)c2ccc(Cl)s2)n1. The van der Waals surface area contributed by atoms with Gasteiger partial charge in [-0.25, -0.2) is 5.43 Å². The molecule has 2 aromatic heterocycles. The summed E-state index contributed by atoms with van der Waals surface area (Å²) in [6, 6.07) is 9.60. The molecule has 84 valence electrons. The Hall–Kier alpha value is -0.940. The Kier molecular flexibility index (Phi) is 3.56. The molecule has 2 heterocycles. The van der Waals surface area contributed by atoms with Gasteiger partial charge in [0.25, 0.3) is 0 Å². The Balaban J connectivity index is 2.36. The number of hydrazine groups is 1. The van der Waals surface area contributed by atoms with Gasteiger partial charge in [-0.05, 0) is 31.2 Å². The second-order valence-corrected chi connectivity index (χ2v) is 5.19. The summed E-state index contributed by atoms with van der Waals surface area (Å²) < 4.78 is 0.753. The lowest BCUT2D eigenvalue weighted by Gasteiger charge is -2.13. The summed E-state index contributed by atoms with van der Waals surface area (Å²) >= 11 is 7.41. The summed E-state index contributed by atoms with van der Waals surface area (Å²) in [5, 5.41) is 0. The monoisotopic (exact) mass is 253 g/mol. The topological polar surface area (TPSA) is 50.9 Å². The maximum Gasteiger partial charge on any atom is 0.0973 e. The summed E-state index contributed by atoms with van der Waals surface area (Å²) in [4.78, 5) is 5.51. The lowest BCUT2D eigenvalue weighted by molar-refractivity contribution is 0.628. The van der Waals surface area contributed by atoms with Gasteiger partial charge in [0, 0.05) is 10.6 Å². The molecule has 1 unspecified atom stereocenters. The maximum atomic E-state index is 5.91. The van der Waals surface area contributed by atoms with E-state index >= 15 is 0 Å².